The summed E-state index contributed by atoms with van der Waals surface area (Å²) in [6, 6.07) is 2.03. The van der Waals surface area contributed by atoms with Gasteiger partial charge in [0.05, 0.1) is 24.2 Å². The van der Waals surface area contributed by atoms with Gasteiger partial charge in [0.15, 0.2) is 0 Å². The molecule has 2 N–H and O–H groups in total. The third-order valence-electron chi connectivity index (χ3n) is 12.3. The predicted molar refractivity (Wildman–Crippen MR) is 139 cm³/mol. The van der Waals surface area contributed by atoms with E-state index in [9.17, 15) is 25.1 Å². The Labute approximate surface area is 221 Å². The van der Waals surface area contributed by atoms with Gasteiger partial charge in [0.2, 0.25) is 5.78 Å². The van der Waals surface area contributed by atoms with Gasteiger partial charge in [0.1, 0.15) is 11.7 Å². The molecular weight excluding hydrogens is 466 g/mol. The number of carbonyl (C=O) groups excluding carboxylic acids is 2. The number of allylic oxidation sites excluding steroid dienone is 2. The van der Waals surface area contributed by atoms with Gasteiger partial charge >= 0.3 is 5.97 Å². The van der Waals surface area contributed by atoms with Gasteiger partial charge in [-0.2, -0.15) is 5.26 Å². The number of nitrogens with zero attached hydrogens (tertiary/aromatic N) is 1. The predicted octanol–water partition coefficient (Wildman–Crippen LogP) is 4.90. The van der Waals surface area contributed by atoms with E-state index in [1.54, 1.807) is 13.0 Å². The number of fused-ring (bicyclic) bond motifs is 7. The summed E-state index contributed by atoms with van der Waals surface area (Å²) in [7, 11) is 1.48. The second kappa shape index (κ2) is 7.79. The molecule has 0 radical (unpaired) electrons. The number of esters is 1. The van der Waals surface area contributed by atoms with Crippen molar-refractivity contribution in [2.45, 2.75) is 98.2 Å². The molecule has 0 amide bonds. The first-order valence-corrected chi connectivity index (χ1v) is 13.9. The molecule has 0 saturated heterocycles. The lowest BCUT2D eigenvalue weighted by Crippen LogP contribution is -2.67. The molecule has 5 aliphatic carbocycles. The smallest absolute Gasteiger partial charge is 0.312 e. The topological polar surface area (TPSA) is 108 Å². The van der Waals surface area contributed by atoms with Gasteiger partial charge in [0, 0.05) is 11.3 Å². The Hall–Kier alpha value is -1.97. The van der Waals surface area contributed by atoms with Gasteiger partial charge in [0.25, 0.3) is 0 Å². The third-order valence-corrected chi connectivity index (χ3v) is 12.3. The van der Waals surface area contributed by atoms with Crippen LogP contribution >= 0.6 is 0 Å². The average Bonchev–Trinajstić information content (AvgIpc) is 2.82. The van der Waals surface area contributed by atoms with E-state index in [-0.39, 0.29) is 45.5 Å². The summed E-state index contributed by atoms with van der Waals surface area (Å²) < 4.78 is 5.41. The van der Waals surface area contributed by atoms with Crippen molar-refractivity contribution in [2.24, 2.45) is 44.8 Å². The molecule has 202 valence electrons. The van der Waals surface area contributed by atoms with Crippen molar-refractivity contribution in [1.29, 1.82) is 5.26 Å². The zero-order valence-corrected chi connectivity index (χ0v) is 23.5. The largest absolute Gasteiger partial charge is 0.469 e. The molecule has 6 heteroatoms. The Morgan fingerprint density at radius 3 is 2.35 bits per heavy atom. The highest BCUT2D eigenvalue weighted by atomic mass is 16.5. The van der Waals surface area contributed by atoms with E-state index >= 15 is 0 Å². The number of carbonyl (C=O) groups is 2. The Kier molecular flexibility index (Phi) is 5.61. The van der Waals surface area contributed by atoms with Crippen molar-refractivity contribution in [3.05, 3.63) is 23.3 Å². The number of Topliss-reactive ketones (excluding diaryl/α,β-unsaturated/α-hetero) is 1. The SMILES string of the molecule is COC(=O)[C@]12CCC(C)(C)CC1C1C(O)C=C3[C@@]4(C)C=C(C#N)C(=O)[C@@](C)(O)C4CC[C@@]3(C)[C@]1(C)CC2. The summed E-state index contributed by atoms with van der Waals surface area (Å²) in [4.78, 5) is 26.3. The van der Waals surface area contributed by atoms with Crippen molar-refractivity contribution in [3.63, 3.8) is 0 Å². The zero-order valence-electron chi connectivity index (χ0n) is 23.5. The molecule has 5 rings (SSSR count). The number of aliphatic hydroxyl groups is 2. The molecule has 0 aromatic carbocycles. The van der Waals surface area contributed by atoms with Gasteiger partial charge in [-0.25, -0.2) is 0 Å². The van der Waals surface area contributed by atoms with Crippen LogP contribution in [0.3, 0.4) is 0 Å². The van der Waals surface area contributed by atoms with Crippen molar-refractivity contribution < 1.29 is 24.5 Å². The molecule has 3 fully saturated rings. The lowest BCUT2D eigenvalue weighted by Gasteiger charge is -2.70. The Bertz CT molecular complexity index is 1160. The van der Waals surface area contributed by atoms with E-state index in [0.29, 0.717) is 6.42 Å². The highest BCUT2D eigenvalue weighted by Gasteiger charge is 2.71. The van der Waals surface area contributed by atoms with E-state index in [2.05, 4.69) is 27.7 Å². The first-order chi connectivity index (χ1) is 17.0. The molecule has 0 aromatic heterocycles. The molecule has 0 bridgehead atoms. The standard InChI is InChI=1S/C31H43NO5/c1-26(2)10-12-31(25(35)37-7)13-11-29(5)23(19(31)16-26)20(33)14-22-27(3)15-18(17-32)24(34)30(6,36)21(27)8-9-28(22,29)4/h14-15,19-21,23,33,36H,8-13,16H2,1-7H3/t19?,20?,21?,23?,27-,28+,29+,30-,31-/m0/s1. The van der Waals surface area contributed by atoms with E-state index in [4.69, 9.17) is 4.74 Å². The fourth-order valence-electron chi connectivity index (χ4n) is 10.1. The number of nitriles is 1. The van der Waals surface area contributed by atoms with Crippen LogP contribution in [0.4, 0.5) is 0 Å². The van der Waals surface area contributed by atoms with Gasteiger partial charge in [-0.15, -0.1) is 0 Å². The van der Waals surface area contributed by atoms with Crippen LogP contribution in [0.25, 0.3) is 0 Å². The molecule has 37 heavy (non-hydrogen) atoms. The maximum absolute atomic E-state index is 13.4. The first-order valence-electron chi connectivity index (χ1n) is 13.9. The monoisotopic (exact) mass is 509 g/mol. The van der Waals surface area contributed by atoms with E-state index < -0.39 is 28.3 Å². The number of hydrogen-bond donors (Lipinski definition) is 2. The van der Waals surface area contributed by atoms with Gasteiger partial charge < -0.3 is 14.9 Å². The van der Waals surface area contributed by atoms with Crippen LogP contribution in [-0.4, -0.2) is 40.8 Å². The lowest BCUT2D eigenvalue weighted by atomic mass is 9.34. The fourth-order valence-corrected chi connectivity index (χ4v) is 10.1. The van der Waals surface area contributed by atoms with Crippen molar-refractivity contribution >= 4 is 11.8 Å². The normalized spacial score (nSPS) is 50.2. The quantitative estimate of drug-likeness (QED) is 0.385. The minimum atomic E-state index is -1.64. The van der Waals surface area contributed by atoms with E-state index in [1.807, 2.05) is 19.1 Å². The van der Waals surface area contributed by atoms with Gasteiger partial charge in [-0.3, -0.25) is 9.59 Å². The molecule has 0 aromatic rings. The van der Waals surface area contributed by atoms with Crippen molar-refractivity contribution in [2.75, 3.05) is 7.11 Å². The number of aliphatic hydroxyl groups excluding tert-OH is 1. The van der Waals surface area contributed by atoms with Gasteiger partial charge in [-0.1, -0.05) is 52.3 Å². The lowest BCUT2D eigenvalue weighted by molar-refractivity contribution is -0.205. The maximum atomic E-state index is 13.4. The number of ketones is 1. The summed E-state index contributed by atoms with van der Waals surface area (Å²) in [5.74, 6) is -1.13. The first kappa shape index (κ1) is 26.6. The maximum Gasteiger partial charge on any atom is 0.312 e. The van der Waals surface area contributed by atoms with Crippen LogP contribution in [-0.2, 0) is 14.3 Å². The minimum absolute atomic E-state index is 0.00106. The highest BCUT2D eigenvalue weighted by molar-refractivity contribution is 6.06. The van der Waals surface area contributed by atoms with E-state index in [0.717, 1.165) is 44.1 Å². The van der Waals surface area contributed by atoms with Crippen LogP contribution in [0.2, 0.25) is 0 Å². The zero-order chi connectivity index (χ0) is 27.4. The Morgan fingerprint density at radius 2 is 1.73 bits per heavy atom. The number of rotatable bonds is 1. The molecule has 5 aliphatic rings. The molecule has 4 unspecified atom stereocenters. The molecule has 0 spiro atoms. The van der Waals surface area contributed by atoms with E-state index in [1.165, 1.54) is 7.11 Å². The summed E-state index contributed by atoms with van der Waals surface area (Å²) in [6.07, 6.45) is 8.53. The molecule has 0 aliphatic heterocycles. The molecule has 3 saturated carbocycles. The summed E-state index contributed by atoms with van der Waals surface area (Å²) >= 11 is 0. The number of hydrogen-bond acceptors (Lipinski definition) is 6. The van der Waals surface area contributed by atoms with Crippen LogP contribution in [0.15, 0.2) is 23.3 Å². The second-order valence-electron chi connectivity index (χ2n) is 14.5. The molecule has 9 atom stereocenters. The number of methoxy groups -OCH3 is 1. The van der Waals surface area contributed by atoms with Crippen LogP contribution in [0.1, 0.15) is 86.5 Å². The molecular formula is C31H43NO5. The summed E-state index contributed by atoms with van der Waals surface area (Å²) in [5.41, 5.74) is -2.46. The van der Waals surface area contributed by atoms with Crippen LogP contribution in [0.5, 0.6) is 0 Å². The molecule has 0 heterocycles. The molecule has 6 nitrogen and oxygen atoms in total. The highest BCUT2D eigenvalue weighted by Crippen LogP contribution is 2.74. The Morgan fingerprint density at radius 1 is 1.08 bits per heavy atom. The average molecular weight is 510 g/mol. The van der Waals surface area contributed by atoms with Gasteiger partial charge in [-0.05, 0) is 80.0 Å². The number of ether oxygens (including phenoxy) is 1. The van der Waals surface area contributed by atoms with Crippen LogP contribution in [0, 0.1) is 56.2 Å². The van der Waals surface area contributed by atoms with Crippen molar-refractivity contribution in [1.82, 2.24) is 0 Å². The third kappa shape index (κ3) is 3.16. The second-order valence-corrected chi connectivity index (χ2v) is 14.5. The summed E-state index contributed by atoms with van der Waals surface area (Å²) in [5, 5.41) is 33.1. The fraction of sp³-hybridized carbons (Fsp3) is 0.774. The minimum Gasteiger partial charge on any atom is -0.469 e. The summed E-state index contributed by atoms with van der Waals surface area (Å²) in [6.45, 7) is 12.7. The van der Waals surface area contributed by atoms with Crippen LogP contribution < -0.4 is 0 Å². The van der Waals surface area contributed by atoms with Crippen molar-refractivity contribution in [3.8, 4) is 6.07 Å². The Balaban J connectivity index is 1.70.